The fourth-order valence-electron chi connectivity index (χ4n) is 3.72. The number of hydrogen-bond donors (Lipinski definition) is 0. The van der Waals surface area contributed by atoms with Crippen molar-refractivity contribution < 1.29 is 14.4 Å². The number of aromatic nitrogens is 1. The molecule has 0 N–H and O–H groups in total. The minimum atomic E-state index is -0.668. The summed E-state index contributed by atoms with van der Waals surface area (Å²) in [4.78, 5) is 40.7. The maximum atomic E-state index is 13.2. The Labute approximate surface area is 188 Å². The van der Waals surface area contributed by atoms with Gasteiger partial charge < -0.3 is 4.57 Å². The van der Waals surface area contributed by atoms with Gasteiger partial charge in [-0.2, -0.15) is 0 Å². The van der Waals surface area contributed by atoms with Crippen molar-refractivity contribution in [2.75, 3.05) is 11.9 Å². The molecule has 2 aromatic carbocycles. The Morgan fingerprint density at radius 2 is 1.48 bits per heavy atom. The molecule has 4 amide bonds. The molecule has 31 heavy (non-hydrogen) atoms. The summed E-state index contributed by atoms with van der Waals surface area (Å²) in [6, 6.07) is 17.7. The largest absolute Gasteiger partial charge is 0.338 e. The number of halogens is 1. The molecule has 0 atom stereocenters. The first kappa shape index (κ1) is 20.8. The van der Waals surface area contributed by atoms with Crippen LogP contribution in [0.5, 0.6) is 0 Å². The van der Waals surface area contributed by atoms with Crippen LogP contribution in [0.4, 0.5) is 10.5 Å². The van der Waals surface area contributed by atoms with E-state index in [0.717, 1.165) is 36.9 Å². The molecule has 2 heterocycles. The van der Waals surface area contributed by atoms with Gasteiger partial charge in [0.1, 0.15) is 5.57 Å². The third kappa shape index (κ3) is 3.61. The second-order valence-electron chi connectivity index (χ2n) is 7.32. The fraction of sp³-hybridized carbons (Fsp3) is 0.125. The summed E-state index contributed by atoms with van der Waals surface area (Å²) in [5, 5.41) is 0. The zero-order chi connectivity index (χ0) is 22.3. The Balaban J connectivity index is 1.80. The summed E-state index contributed by atoms with van der Waals surface area (Å²) in [5.74, 6) is -1.25. The first-order chi connectivity index (χ1) is 14.8. The molecule has 0 unspecified atom stereocenters. The average molecular weight is 478 g/mol. The van der Waals surface area contributed by atoms with Crippen LogP contribution >= 0.6 is 15.9 Å². The number of likely N-dealkylation sites (N-methyl/N-ethyl adjacent to an activating group) is 1. The molecule has 1 aliphatic rings. The number of nitrogens with zero attached hydrogens (tertiary/aromatic N) is 3. The molecule has 156 valence electrons. The van der Waals surface area contributed by atoms with Crippen molar-refractivity contribution >= 4 is 45.5 Å². The standard InChI is InChI=1S/C24H20BrN3O3/c1-15-13-17(16(2)27(15)20-11-9-18(25)10-12-20)14-21-22(29)26(3)24(31)28(23(21)30)19-7-5-4-6-8-19/h4-14H,1-3H3/b21-14-. The van der Waals surface area contributed by atoms with Crippen molar-refractivity contribution in [2.45, 2.75) is 13.8 Å². The number of carbonyl (C=O) groups is 3. The summed E-state index contributed by atoms with van der Waals surface area (Å²) in [6.45, 7) is 3.90. The number of barbiturate groups is 1. The van der Waals surface area contributed by atoms with E-state index in [2.05, 4.69) is 20.5 Å². The van der Waals surface area contributed by atoms with Gasteiger partial charge in [0.05, 0.1) is 5.69 Å². The lowest BCUT2D eigenvalue weighted by molar-refractivity contribution is -0.128. The lowest BCUT2D eigenvalue weighted by Crippen LogP contribution is -2.55. The van der Waals surface area contributed by atoms with E-state index in [4.69, 9.17) is 0 Å². The van der Waals surface area contributed by atoms with Gasteiger partial charge in [-0.25, -0.2) is 9.69 Å². The summed E-state index contributed by atoms with van der Waals surface area (Å²) in [5.41, 5.74) is 3.94. The van der Waals surface area contributed by atoms with Crippen molar-refractivity contribution in [1.82, 2.24) is 9.47 Å². The second kappa shape index (κ2) is 8.00. The predicted octanol–water partition coefficient (Wildman–Crippen LogP) is 4.87. The number of urea groups is 1. The SMILES string of the molecule is Cc1cc(/C=C2/C(=O)N(C)C(=O)N(c3ccccc3)C2=O)c(C)n1-c1ccc(Br)cc1. The highest BCUT2D eigenvalue weighted by Crippen LogP contribution is 2.28. The van der Waals surface area contributed by atoms with Gasteiger partial charge in [0.2, 0.25) is 0 Å². The Bertz CT molecular complexity index is 1230. The molecular formula is C24H20BrN3O3. The van der Waals surface area contributed by atoms with Crippen molar-refractivity contribution in [2.24, 2.45) is 0 Å². The van der Waals surface area contributed by atoms with Crippen LogP contribution in [0.15, 0.2) is 70.7 Å². The number of aryl methyl sites for hydroxylation is 1. The molecule has 1 fully saturated rings. The predicted molar refractivity (Wildman–Crippen MR) is 123 cm³/mol. The average Bonchev–Trinajstić information content (AvgIpc) is 3.04. The molecule has 6 nitrogen and oxygen atoms in total. The highest BCUT2D eigenvalue weighted by atomic mass is 79.9. The molecule has 0 radical (unpaired) electrons. The third-order valence-electron chi connectivity index (χ3n) is 5.32. The Hall–Kier alpha value is -3.45. The normalized spacial score (nSPS) is 15.9. The highest BCUT2D eigenvalue weighted by Gasteiger charge is 2.41. The van der Waals surface area contributed by atoms with E-state index in [1.54, 1.807) is 36.4 Å². The van der Waals surface area contributed by atoms with Crippen LogP contribution in [-0.4, -0.2) is 34.4 Å². The van der Waals surface area contributed by atoms with Crippen LogP contribution in [0.2, 0.25) is 0 Å². The van der Waals surface area contributed by atoms with E-state index in [0.29, 0.717) is 5.69 Å². The minimum Gasteiger partial charge on any atom is -0.318 e. The molecule has 0 aliphatic carbocycles. The minimum absolute atomic E-state index is 0.0537. The number of para-hydroxylation sites is 1. The smallest absolute Gasteiger partial charge is 0.318 e. The van der Waals surface area contributed by atoms with E-state index < -0.39 is 17.8 Å². The number of amides is 4. The second-order valence-corrected chi connectivity index (χ2v) is 8.23. The Morgan fingerprint density at radius 1 is 0.839 bits per heavy atom. The van der Waals surface area contributed by atoms with Gasteiger partial charge in [-0.1, -0.05) is 34.1 Å². The molecule has 0 saturated carbocycles. The molecule has 1 aliphatic heterocycles. The molecule has 7 heteroatoms. The van der Waals surface area contributed by atoms with E-state index in [1.807, 2.05) is 44.2 Å². The fourth-order valence-corrected chi connectivity index (χ4v) is 3.99. The van der Waals surface area contributed by atoms with Crippen molar-refractivity contribution in [3.63, 3.8) is 0 Å². The van der Waals surface area contributed by atoms with Gasteiger partial charge in [0, 0.05) is 28.6 Å². The maximum Gasteiger partial charge on any atom is 0.338 e. The third-order valence-corrected chi connectivity index (χ3v) is 5.84. The van der Waals surface area contributed by atoms with Crippen LogP contribution in [0.25, 0.3) is 11.8 Å². The molecular weight excluding hydrogens is 458 g/mol. The van der Waals surface area contributed by atoms with Crippen molar-refractivity contribution in [3.05, 3.63) is 87.7 Å². The van der Waals surface area contributed by atoms with Crippen LogP contribution < -0.4 is 4.90 Å². The summed E-state index contributed by atoms with van der Waals surface area (Å²) < 4.78 is 3.04. The number of benzene rings is 2. The monoisotopic (exact) mass is 477 g/mol. The number of rotatable bonds is 3. The first-order valence-electron chi connectivity index (χ1n) is 9.67. The topological polar surface area (TPSA) is 62.6 Å². The van der Waals surface area contributed by atoms with Crippen LogP contribution in [0, 0.1) is 13.8 Å². The van der Waals surface area contributed by atoms with Gasteiger partial charge in [-0.05, 0) is 68.0 Å². The van der Waals surface area contributed by atoms with Crippen LogP contribution in [0.3, 0.4) is 0 Å². The number of hydrogen-bond acceptors (Lipinski definition) is 3. The van der Waals surface area contributed by atoms with E-state index in [9.17, 15) is 14.4 Å². The van der Waals surface area contributed by atoms with E-state index >= 15 is 0 Å². The Kier molecular flexibility index (Phi) is 5.37. The lowest BCUT2D eigenvalue weighted by atomic mass is 10.1. The van der Waals surface area contributed by atoms with Crippen molar-refractivity contribution in [3.8, 4) is 5.69 Å². The van der Waals surface area contributed by atoms with E-state index in [-0.39, 0.29) is 5.57 Å². The molecule has 4 rings (SSSR count). The first-order valence-corrected chi connectivity index (χ1v) is 10.5. The van der Waals surface area contributed by atoms with Gasteiger partial charge >= 0.3 is 6.03 Å². The van der Waals surface area contributed by atoms with Gasteiger partial charge in [0.25, 0.3) is 11.8 Å². The summed E-state index contributed by atoms with van der Waals surface area (Å²) in [6.07, 6.45) is 1.57. The maximum absolute atomic E-state index is 13.2. The number of carbonyl (C=O) groups excluding carboxylic acids is 3. The number of imide groups is 2. The van der Waals surface area contributed by atoms with E-state index in [1.165, 1.54) is 7.05 Å². The number of anilines is 1. The molecule has 1 aromatic heterocycles. The quantitative estimate of drug-likeness (QED) is 0.399. The van der Waals surface area contributed by atoms with Crippen LogP contribution in [0.1, 0.15) is 17.0 Å². The van der Waals surface area contributed by atoms with Crippen LogP contribution in [-0.2, 0) is 9.59 Å². The Morgan fingerprint density at radius 3 is 2.13 bits per heavy atom. The van der Waals surface area contributed by atoms with Gasteiger partial charge in [-0.15, -0.1) is 0 Å². The van der Waals surface area contributed by atoms with Crippen molar-refractivity contribution in [1.29, 1.82) is 0 Å². The molecule has 3 aromatic rings. The zero-order valence-electron chi connectivity index (χ0n) is 17.3. The lowest BCUT2D eigenvalue weighted by Gasteiger charge is -2.31. The highest BCUT2D eigenvalue weighted by molar-refractivity contribution is 9.10. The molecule has 1 saturated heterocycles. The zero-order valence-corrected chi connectivity index (χ0v) is 18.9. The van der Waals surface area contributed by atoms with Gasteiger partial charge in [-0.3, -0.25) is 14.5 Å². The molecule has 0 spiro atoms. The van der Waals surface area contributed by atoms with Gasteiger partial charge in [0.15, 0.2) is 0 Å². The molecule has 0 bridgehead atoms. The summed E-state index contributed by atoms with van der Waals surface area (Å²) >= 11 is 3.44. The summed E-state index contributed by atoms with van der Waals surface area (Å²) in [7, 11) is 1.38.